The standard InChI is InChI=1S/C25H31N3O5/c1-32-21-16-22(29)27-15-14-26(17-18-8-4-3-5-9-18)13-11-19(27)23(21)24(30)28-12-7-6-10-20(28)25(31)33-2/h3-5,8-9,16,20H,6-7,10-15,17H2,1-2H3/t20-/m0/s1. The Kier molecular flexibility index (Phi) is 7.13. The van der Waals surface area contributed by atoms with Gasteiger partial charge in [0.05, 0.1) is 14.2 Å². The van der Waals surface area contributed by atoms with E-state index < -0.39 is 12.0 Å². The van der Waals surface area contributed by atoms with Crippen LogP contribution in [0.25, 0.3) is 0 Å². The highest BCUT2D eigenvalue weighted by atomic mass is 16.5. The highest BCUT2D eigenvalue weighted by molar-refractivity contribution is 6.00. The lowest BCUT2D eigenvalue weighted by molar-refractivity contribution is -0.147. The molecule has 1 saturated heterocycles. The Balaban J connectivity index is 1.67. The number of hydrogen-bond donors (Lipinski definition) is 0. The largest absolute Gasteiger partial charge is 0.496 e. The molecule has 1 aromatic carbocycles. The van der Waals surface area contributed by atoms with Crippen LogP contribution in [0.1, 0.15) is 40.9 Å². The minimum Gasteiger partial charge on any atom is -0.496 e. The van der Waals surface area contributed by atoms with Crippen molar-refractivity contribution in [1.29, 1.82) is 0 Å². The van der Waals surface area contributed by atoms with Crippen molar-refractivity contribution in [3.63, 3.8) is 0 Å². The van der Waals surface area contributed by atoms with Crippen LogP contribution < -0.4 is 10.3 Å². The first-order valence-electron chi connectivity index (χ1n) is 11.5. The quantitative estimate of drug-likeness (QED) is 0.645. The fourth-order valence-corrected chi connectivity index (χ4v) is 4.88. The molecule has 1 aromatic heterocycles. The summed E-state index contributed by atoms with van der Waals surface area (Å²) in [5.41, 5.74) is 2.09. The molecule has 0 aliphatic carbocycles. The van der Waals surface area contributed by atoms with Crippen molar-refractivity contribution in [3.8, 4) is 5.75 Å². The van der Waals surface area contributed by atoms with E-state index in [-0.39, 0.29) is 17.2 Å². The summed E-state index contributed by atoms with van der Waals surface area (Å²) in [6.07, 6.45) is 2.79. The van der Waals surface area contributed by atoms with Crippen molar-refractivity contribution in [1.82, 2.24) is 14.4 Å². The summed E-state index contributed by atoms with van der Waals surface area (Å²) in [6, 6.07) is 11.0. The van der Waals surface area contributed by atoms with E-state index >= 15 is 0 Å². The first kappa shape index (κ1) is 23.0. The molecule has 0 N–H and O–H groups in total. The molecule has 0 unspecified atom stereocenters. The third-order valence-electron chi connectivity index (χ3n) is 6.61. The van der Waals surface area contributed by atoms with Gasteiger partial charge in [-0.25, -0.2) is 4.79 Å². The molecule has 1 amide bonds. The Hall–Kier alpha value is -3.13. The molecule has 1 atom stereocenters. The summed E-state index contributed by atoms with van der Waals surface area (Å²) in [7, 11) is 2.81. The van der Waals surface area contributed by atoms with Crippen LogP contribution in [0, 0.1) is 0 Å². The van der Waals surface area contributed by atoms with Gasteiger partial charge in [0.15, 0.2) is 0 Å². The van der Waals surface area contributed by atoms with E-state index in [2.05, 4.69) is 17.0 Å². The molecule has 3 heterocycles. The predicted molar refractivity (Wildman–Crippen MR) is 123 cm³/mol. The topological polar surface area (TPSA) is 81.1 Å². The summed E-state index contributed by atoms with van der Waals surface area (Å²) in [5, 5.41) is 0. The Labute approximate surface area is 193 Å². The molecule has 176 valence electrons. The first-order valence-corrected chi connectivity index (χ1v) is 11.5. The molecule has 8 nitrogen and oxygen atoms in total. The van der Waals surface area contributed by atoms with Gasteiger partial charge in [0.2, 0.25) is 0 Å². The minimum absolute atomic E-state index is 0.178. The van der Waals surface area contributed by atoms with Gasteiger partial charge in [-0.05, 0) is 24.8 Å². The highest BCUT2D eigenvalue weighted by Gasteiger charge is 2.36. The maximum absolute atomic E-state index is 13.8. The number of esters is 1. The molecule has 2 aromatic rings. The molecular formula is C25H31N3O5. The van der Waals surface area contributed by atoms with Gasteiger partial charge in [-0.15, -0.1) is 0 Å². The monoisotopic (exact) mass is 453 g/mol. The number of benzene rings is 1. The second-order valence-corrected chi connectivity index (χ2v) is 8.57. The summed E-state index contributed by atoms with van der Waals surface area (Å²) >= 11 is 0. The first-order chi connectivity index (χ1) is 16.0. The highest BCUT2D eigenvalue weighted by Crippen LogP contribution is 2.28. The van der Waals surface area contributed by atoms with E-state index in [1.165, 1.54) is 25.8 Å². The number of carbonyl (C=O) groups is 2. The van der Waals surface area contributed by atoms with Crippen LogP contribution in [0.3, 0.4) is 0 Å². The van der Waals surface area contributed by atoms with Crippen LogP contribution in [-0.2, 0) is 29.0 Å². The normalized spacial score (nSPS) is 18.8. The second kappa shape index (κ2) is 10.2. The number of aromatic nitrogens is 1. The number of methoxy groups -OCH3 is 2. The predicted octanol–water partition coefficient (Wildman–Crippen LogP) is 2.08. The molecule has 1 fully saturated rings. The smallest absolute Gasteiger partial charge is 0.328 e. The SMILES string of the molecule is COC(=O)[C@@H]1CCCCN1C(=O)c1c(OC)cc(=O)n2c1CCN(Cc1ccccc1)CC2. The van der Waals surface area contributed by atoms with Gasteiger partial charge in [-0.3, -0.25) is 14.5 Å². The number of carbonyl (C=O) groups excluding carboxylic acids is 2. The van der Waals surface area contributed by atoms with Crippen LogP contribution in [0.5, 0.6) is 5.75 Å². The minimum atomic E-state index is -0.617. The Morgan fingerprint density at radius 1 is 1.03 bits per heavy atom. The van der Waals surface area contributed by atoms with Crippen molar-refractivity contribution in [2.45, 2.75) is 44.8 Å². The fraction of sp³-hybridized carbons (Fsp3) is 0.480. The zero-order chi connectivity index (χ0) is 23.4. The molecule has 0 spiro atoms. The van der Waals surface area contributed by atoms with Gasteiger partial charge < -0.3 is 18.9 Å². The number of pyridine rings is 1. The van der Waals surface area contributed by atoms with Crippen molar-refractivity contribution >= 4 is 11.9 Å². The number of amides is 1. The second-order valence-electron chi connectivity index (χ2n) is 8.57. The summed E-state index contributed by atoms with van der Waals surface area (Å²) in [4.78, 5) is 42.9. The molecule has 4 rings (SSSR count). The van der Waals surface area contributed by atoms with E-state index in [1.807, 2.05) is 18.2 Å². The Morgan fingerprint density at radius 3 is 2.55 bits per heavy atom. The average Bonchev–Trinajstić information content (AvgIpc) is 3.06. The van der Waals surface area contributed by atoms with Crippen LogP contribution in [0.4, 0.5) is 0 Å². The molecule has 0 saturated carbocycles. The number of fused-ring (bicyclic) bond motifs is 1. The molecule has 8 heteroatoms. The van der Waals surface area contributed by atoms with E-state index in [0.717, 1.165) is 19.4 Å². The van der Waals surface area contributed by atoms with Crippen molar-refractivity contribution in [2.75, 3.05) is 33.9 Å². The van der Waals surface area contributed by atoms with E-state index in [0.29, 0.717) is 50.3 Å². The lowest BCUT2D eigenvalue weighted by Crippen LogP contribution is -2.49. The summed E-state index contributed by atoms with van der Waals surface area (Å²) in [5.74, 6) is -0.417. The van der Waals surface area contributed by atoms with Crippen LogP contribution in [0.15, 0.2) is 41.2 Å². The molecule has 2 aliphatic heterocycles. The average molecular weight is 454 g/mol. The number of ether oxygens (including phenoxy) is 2. The number of hydrogen-bond acceptors (Lipinski definition) is 6. The van der Waals surface area contributed by atoms with Gasteiger partial charge in [0.25, 0.3) is 11.5 Å². The van der Waals surface area contributed by atoms with Crippen LogP contribution in [-0.4, -0.2) is 66.1 Å². The van der Waals surface area contributed by atoms with Crippen molar-refractivity contribution in [3.05, 3.63) is 63.6 Å². The molecule has 0 bridgehead atoms. The molecule has 33 heavy (non-hydrogen) atoms. The van der Waals surface area contributed by atoms with Crippen molar-refractivity contribution in [2.24, 2.45) is 0 Å². The maximum Gasteiger partial charge on any atom is 0.328 e. The van der Waals surface area contributed by atoms with E-state index in [1.54, 1.807) is 9.47 Å². The zero-order valence-corrected chi connectivity index (χ0v) is 19.3. The Morgan fingerprint density at radius 2 is 1.82 bits per heavy atom. The third kappa shape index (κ3) is 4.80. The van der Waals surface area contributed by atoms with Crippen LogP contribution >= 0.6 is 0 Å². The number of nitrogens with zero attached hydrogens (tertiary/aromatic N) is 3. The van der Waals surface area contributed by atoms with Gasteiger partial charge in [0, 0.05) is 50.9 Å². The van der Waals surface area contributed by atoms with Gasteiger partial charge in [0.1, 0.15) is 17.4 Å². The molecular weight excluding hydrogens is 422 g/mol. The van der Waals surface area contributed by atoms with Crippen molar-refractivity contribution < 1.29 is 19.1 Å². The Bertz CT molecular complexity index is 1070. The zero-order valence-electron chi connectivity index (χ0n) is 19.3. The maximum atomic E-state index is 13.8. The van der Waals surface area contributed by atoms with Crippen LogP contribution in [0.2, 0.25) is 0 Å². The van der Waals surface area contributed by atoms with Gasteiger partial charge in [-0.1, -0.05) is 30.3 Å². The molecule has 2 aliphatic rings. The van der Waals surface area contributed by atoms with Gasteiger partial charge in [-0.2, -0.15) is 0 Å². The number of piperidine rings is 1. The number of likely N-dealkylation sites (tertiary alicyclic amines) is 1. The number of rotatable bonds is 5. The lowest BCUT2D eigenvalue weighted by atomic mass is 9.99. The summed E-state index contributed by atoms with van der Waals surface area (Å²) in [6.45, 7) is 3.16. The third-order valence-corrected chi connectivity index (χ3v) is 6.61. The molecule has 0 radical (unpaired) electrons. The fourth-order valence-electron chi connectivity index (χ4n) is 4.88. The van der Waals surface area contributed by atoms with Gasteiger partial charge >= 0.3 is 5.97 Å². The van der Waals surface area contributed by atoms with E-state index in [4.69, 9.17) is 9.47 Å². The lowest BCUT2D eigenvalue weighted by Gasteiger charge is -2.34. The van der Waals surface area contributed by atoms with E-state index in [9.17, 15) is 14.4 Å². The summed E-state index contributed by atoms with van der Waals surface area (Å²) < 4.78 is 12.2.